The fourth-order valence-corrected chi connectivity index (χ4v) is 3.47. The van der Waals surface area contributed by atoms with E-state index in [1.165, 1.54) is 13.0 Å². The van der Waals surface area contributed by atoms with Gasteiger partial charge >= 0.3 is 0 Å². The molecule has 0 saturated carbocycles. The van der Waals surface area contributed by atoms with Crippen molar-refractivity contribution in [2.75, 3.05) is 12.4 Å². The summed E-state index contributed by atoms with van der Waals surface area (Å²) in [6.45, 7) is 1.44. The van der Waals surface area contributed by atoms with Crippen molar-refractivity contribution in [3.8, 4) is 11.5 Å². The fourth-order valence-electron chi connectivity index (χ4n) is 3.47. The molecule has 0 bridgehead atoms. The fraction of sp³-hybridized carbons (Fsp3) is 0.125. The molecule has 29 heavy (non-hydrogen) atoms. The van der Waals surface area contributed by atoms with E-state index in [-0.39, 0.29) is 17.3 Å². The maximum absolute atomic E-state index is 12.8. The van der Waals surface area contributed by atoms with Crippen LogP contribution in [0.4, 0.5) is 5.69 Å². The van der Waals surface area contributed by atoms with Gasteiger partial charge in [0, 0.05) is 29.4 Å². The third-order valence-corrected chi connectivity index (χ3v) is 5.07. The number of ketones is 3. The van der Waals surface area contributed by atoms with Gasteiger partial charge in [-0.05, 0) is 61.0 Å². The molecule has 1 unspecified atom stereocenters. The Hall–Kier alpha value is -3.73. The predicted molar refractivity (Wildman–Crippen MR) is 110 cm³/mol. The predicted octanol–water partition coefficient (Wildman–Crippen LogP) is 4.89. The second kappa shape index (κ2) is 7.36. The Morgan fingerprint density at radius 3 is 2.00 bits per heavy atom. The maximum atomic E-state index is 12.8. The Morgan fingerprint density at radius 2 is 1.41 bits per heavy atom. The van der Waals surface area contributed by atoms with Crippen LogP contribution >= 0.6 is 0 Å². The van der Waals surface area contributed by atoms with E-state index in [4.69, 9.17) is 4.74 Å². The van der Waals surface area contributed by atoms with Crippen LogP contribution in [0.25, 0.3) is 0 Å². The standard InChI is InChI=1S/C24H19NO4/c1-14(26)16-5-12-20-21(13-16)24(28)22(23(20)27)15-3-8-18(9-4-15)29-19-10-6-17(25-2)7-11-19/h3-13,22,25H,1-2H3. The zero-order valence-corrected chi connectivity index (χ0v) is 16.1. The summed E-state index contributed by atoms with van der Waals surface area (Å²) in [6.07, 6.45) is 0. The largest absolute Gasteiger partial charge is 0.457 e. The molecule has 3 aromatic rings. The Morgan fingerprint density at radius 1 is 0.828 bits per heavy atom. The molecule has 0 saturated heterocycles. The lowest BCUT2D eigenvalue weighted by molar-refractivity contribution is 0.0889. The zero-order chi connectivity index (χ0) is 20.5. The Kier molecular flexibility index (Phi) is 4.72. The third-order valence-electron chi connectivity index (χ3n) is 5.07. The lowest BCUT2D eigenvalue weighted by atomic mass is 9.94. The van der Waals surface area contributed by atoms with Crippen molar-refractivity contribution in [2.24, 2.45) is 0 Å². The minimum absolute atomic E-state index is 0.138. The number of Topliss-reactive ketones (excluding diaryl/α,β-unsaturated/α-hetero) is 3. The molecule has 5 heteroatoms. The summed E-state index contributed by atoms with van der Waals surface area (Å²) < 4.78 is 5.82. The van der Waals surface area contributed by atoms with Gasteiger partial charge < -0.3 is 10.1 Å². The molecule has 0 fully saturated rings. The number of carbonyl (C=O) groups is 3. The van der Waals surface area contributed by atoms with Crippen LogP contribution in [0, 0.1) is 0 Å². The first-order valence-electron chi connectivity index (χ1n) is 9.27. The van der Waals surface area contributed by atoms with Crippen molar-refractivity contribution in [1.29, 1.82) is 0 Å². The minimum atomic E-state index is -0.879. The van der Waals surface area contributed by atoms with Crippen molar-refractivity contribution in [2.45, 2.75) is 12.8 Å². The number of nitrogens with one attached hydrogen (secondary N) is 1. The highest BCUT2D eigenvalue weighted by molar-refractivity contribution is 6.30. The summed E-state index contributed by atoms with van der Waals surface area (Å²) in [5, 5.41) is 3.04. The molecule has 0 radical (unpaired) electrons. The first-order valence-corrected chi connectivity index (χ1v) is 9.27. The van der Waals surface area contributed by atoms with Crippen LogP contribution in [0.2, 0.25) is 0 Å². The van der Waals surface area contributed by atoms with Crippen molar-refractivity contribution in [3.63, 3.8) is 0 Å². The molecule has 5 nitrogen and oxygen atoms in total. The zero-order valence-electron chi connectivity index (χ0n) is 16.1. The Bertz CT molecular complexity index is 1110. The number of rotatable bonds is 5. The van der Waals surface area contributed by atoms with E-state index in [1.54, 1.807) is 36.4 Å². The van der Waals surface area contributed by atoms with Gasteiger partial charge in [0.1, 0.15) is 17.4 Å². The van der Waals surface area contributed by atoms with E-state index in [9.17, 15) is 14.4 Å². The topological polar surface area (TPSA) is 72.5 Å². The summed E-state index contributed by atoms with van der Waals surface area (Å²) in [7, 11) is 1.85. The second-order valence-electron chi connectivity index (χ2n) is 6.92. The number of benzene rings is 3. The van der Waals surface area contributed by atoms with E-state index in [0.717, 1.165) is 5.69 Å². The quantitative estimate of drug-likeness (QED) is 0.500. The van der Waals surface area contributed by atoms with Crippen LogP contribution in [0.1, 0.15) is 49.5 Å². The van der Waals surface area contributed by atoms with Gasteiger partial charge in [-0.2, -0.15) is 0 Å². The van der Waals surface area contributed by atoms with Gasteiger partial charge in [0.15, 0.2) is 17.3 Å². The van der Waals surface area contributed by atoms with Crippen LogP contribution in [0.3, 0.4) is 0 Å². The van der Waals surface area contributed by atoms with Gasteiger partial charge in [0.2, 0.25) is 0 Å². The summed E-state index contributed by atoms with van der Waals surface area (Å²) >= 11 is 0. The van der Waals surface area contributed by atoms with Gasteiger partial charge in [-0.15, -0.1) is 0 Å². The first-order chi connectivity index (χ1) is 14.0. The van der Waals surface area contributed by atoms with Crippen molar-refractivity contribution < 1.29 is 19.1 Å². The Labute approximate surface area is 168 Å². The monoisotopic (exact) mass is 385 g/mol. The molecule has 0 amide bonds. The van der Waals surface area contributed by atoms with Crippen LogP contribution in [0.15, 0.2) is 66.7 Å². The molecule has 144 valence electrons. The molecule has 1 aliphatic carbocycles. The smallest absolute Gasteiger partial charge is 0.178 e. The van der Waals surface area contributed by atoms with Crippen LogP contribution in [-0.2, 0) is 0 Å². The molecule has 0 spiro atoms. The summed E-state index contributed by atoms with van der Waals surface area (Å²) in [5.41, 5.74) is 2.71. The molecular weight excluding hydrogens is 366 g/mol. The average molecular weight is 385 g/mol. The average Bonchev–Trinajstić information content (AvgIpc) is 2.99. The highest BCUT2D eigenvalue weighted by Crippen LogP contribution is 2.35. The number of carbonyl (C=O) groups excluding carboxylic acids is 3. The van der Waals surface area contributed by atoms with Gasteiger partial charge in [0.25, 0.3) is 0 Å². The maximum Gasteiger partial charge on any atom is 0.178 e. The Balaban J connectivity index is 1.56. The lowest BCUT2D eigenvalue weighted by Crippen LogP contribution is -2.12. The highest BCUT2D eigenvalue weighted by Gasteiger charge is 2.39. The van der Waals surface area contributed by atoms with Gasteiger partial charge in [-0.1, -0.05) is 18.2 Å². The van der Waals surface area contributed by atoms with Gasteiger partial charge in [-0.3, -0.25) is 14.4 Å². The number of anilines is 1. The lowest BCUT2D eigenvalue weighted by Gasteiger charge is -2.10. The minimum Gasteiger partial charge on any atom is -0.457 e. The van der Waals surface area contributed by atoms with Gasteiger partial charge in [0.05, 0.1) is 0 Å². The van der Waals surface area contributed by atoms with Crippen molar-refractivity contribution in [1.82, 2.24) is 0 Å². The SMILES string of the molecule is CNc1ccc(Oc2ccc(C3C(=O)c4ccc(C(C)=O)cc4C3=O)cc2)cc1. The summed E-state index contributed by atoms with van der Waals surface area (Å²) in [6, 6.07) is 19.1. The number of ether oxygens (including phenoxy) is 1. The molecule has 1 atom stereocenters. The van der Waals surface area contributed by atoms with Crippen molar-refractivity contribution in [3.05, 3.63) is 89.0 Å². The molecule has 1 aliphatic rings. The van der Waals surface area contributed by atoms with Crippen molar-refractivity contribution >= 4 is 23.0 Å². The molecule has 0 heterocycles. The molecule has 4 rings (SSSR count). The summed E-state index contributed by atoms with van der Waals surface area (Å²) in [4.78, 5) is 37.2. The van der Waals surface area contributed by atoms with E-state index >= 15 is 0 Å². The normalized spacial score (nSPS) is 15.2. The molecular formula is C24H19NO4. The summed E-state index contributed by atoms with van der Waals surface area (Å²) in [5.74, 6) is -0.230. The first kappa shape index (κ1) is 18.6. The van der Waals surface area contributed by atoms with Crippen LogP contribution in [0.5, 0.6) is 11.5 Å². The number of hydrogen-bond acceptors (Lipinski definition) is 5. The van der Waals surface area contributed by atoms with E-state index in [2.05, 4.69) is 5.32 Å². The molecule has 3 aromatic carbocycles. The van der Waals surface area contributed by atoms with Gasteiger partial charge in [-0.25, -0.2) is 0 Å². The van der Waals surface area contributed by atoms with Crippen LogP contribution < -0.4 is 10.1 Å². The highest BCUT2D eigenvalue weighted by atomic mass is 16.5. The second-order valence-corrected chi connectivity index (χ2v) is 6.92. The van der Waals surface area contributed by atoms with E-state index in [1.807, 2.05) is 31.3 Å². The number of fused-ring (bicyclic) bond motifs is 1. The molecule has 1 N–H and O–H groups in total. The van der Waals surface area contributed by atoms with E-state index < -0.39 is 5.92 Å². The van der Waals surface area contributed by atoms with E-state index in [0.29, 0.717) is 33.8 Å². The van der Waals surface area contributed by atoms with Crippen LogP contribution in [-0.4, -0.2) is 24.4 Å². The number of hydrogen-bond donors (Lipinski definition) is 1. The third kappa shape index (κ3) is 3.43. The molecule has 0 aliphatic heterocycles. The molecule has 0 aromatic heterocycles.